The van der Waals surface area contributed by atoms with Gasteiger partial charge in [-0.15, -0.1) is 0 Å². The van der Waals surface area contributed by atoms with E-state index in [0.29, 0.717) is 12.2 Å². The molecule has 2 aromatic rings. The molecule has 0 N–H and O–H groups in total. The lowest BCUT2D eigenvalue weighted by atomic mass is 10.0. The highest BCUT2D eigenvalue weighted by atomic mass is 19.1. The second-order valence-corrected chi connectivity index (χ2v) is 5.25. The number of fused-ring (bicyclic) bond motifs is 1. The number of carbonyl (C=O) groups excluding carboxylic acids is 2. The minimum absolute atomic E-state index is 0.145. The summed E-state index contributed by atoms with van der Waals surface area (Å²) in [6, 6.07) is 9.77. The van der Waals surface area contributed by atoms with E-state index >= 15 is 0 Å². The number of nitrogens with zero attached hydrogens (tertiary/aromatic N) is 1. The van der Waals surface area contributed by atoms with E-state index in [1.165, 1.54) is 17.0 Å². The summed E-state index contributed by atoms with van der Waals surface area (Å²) in [5, 5.41) is 0. The molecular weight excluding hydrogens is 269 g/mol. The van der Waals surface area contributed by atoms with Gasteiger partial charge in [0.15, 0.2) is 0 Å². The average molecular weight is 283 g/mol. The van der Waals surface area contributed by atoms with Crippen molar-refractivity contribution in [3.63, 3.8) is 0 Å². The second kappa shape index (κ2) is 4.81. The van der Waals surface area contributed by atoms with Gasteiger partial charge in [0.2, 0.25) is 0 Å². The predicted molar refractivity (Wildman–Crippen MR) is 77.8 cm³/mol. The van der Waals surface area contributed by atoms with Crippen molar-refractivity contribution in [3.05, 3.63) is 64.5 Å². The third-order valence-corrected chi connectivity index (χ3v) is 3.89. The largest absolute Gasteiger partial charge is 0.300 e. The van der Waals surface area contributed by atoms with E-state index in [4.69, 9.17) is 0 Å². The minimum atomic E-state index is -0.643. The summed E-state index contributed by atoms with van der Waals surface area (Å²) < 4.78 is 13.3. The van der Waals surface area contributed by atoms with Gasteiger partial charge >= 0.3 is 0 Å². The van der Waals surface area contributed by atoms with Gasteiger partial charge < -0.3 is 4.90 Å². The highest BCUT2D eigenvalue weighted by Gasteiger charge is 2.36. The summed E-state index contributed by atoms with van der Waals surface area (Å²) in [5.74, 6) is -1.75. The lowest BCUT2D eigenvalue weighted by molar-refractivity contribution is -0.114. The molecule has 106 valence electrons. The van der Waals surface area contributed by atoms with E-state index in [9.17, 15) is 14.0 Å². The Labute approximate surface area is 122 Å². The van der Waals surface area contributed by atoms with Gasteiger partial charge in [0.05, 0.1) is 17.8 Å². The van der Waals surface area contributed by atoms with Crippen molar-refractivity contribution >= 4 is 17.4 Å². The second-order valence-electron chi connectivity index (χ2n) is 5.25. The fraction of sp³-hybridized carbons (Fsp3) is 0.176. The number of halogens is 1. The van der Waals surface area contributed by atoms with Crippen LogP contribution in [0.15, 0.2) is 36.4 Å². The van der Waals surface area contributed by atoms with Crippen molar-refractivity contribution in [2.24, 2.45) is 0 Å². The van der Waals surface area contributed by atoms with Crippen molar-refractivity contribution in [1.82, 2.24) is 0 Å². The van der Waals surface area contributed by atoms with Crippen LogP contribution in [0.25, 0.3) is 0 Å². The fourth-order valence-corrected chi connectivity index (χ4v) is 2.69. The van der Waals surface area contributed by atoms with Gasteiger partial charge in [-0.3, -0.25) is 9.59 Å². The molecular formula is C17H14FNO2. The van der Waals surface area contributed by atoms with E-state index in [-0.39, 0.29) is 5.56 Å². The van der Waals surface area contributed by atoms with Crippen molar-refractivity contribution in [2.75, 3.05) is 4.90 Å². The summed E-state index contributed by atoms with van der Waals surface area (Å²) in [5.41, 5.74) is 3.76. The Balaban J connectivity index is 2.05. The zero-order valence-corrected chi connectivity index (χ0v) is 11.8. The van der Waals surface area contributed by atoms with Gasteiger partial charge in [-0.25, -0.2) is 4.39 Å². The quantitative estimate of drug-likeness (QED) is 0.794. The standard InChI is InChI=1S/C17H14FNO2/c1-10-4-3-5-11(2)14(10)9-19-15-7-6-12(18)8-13(15)16(20)17(19)21/h3-8H,9H2,1-2H3. The molecule has 0 aliphatic carbocycles. The van der Waals surface area contributed by atoms with Gasteiger partial charge in [0, 0.05) is 0 Å². The first kappa shape index (κ1) is 13.5. The lowest BCUT2D eigenvalue weighted by Gasteiger charge is -2.19. The van der Waals surface area contributed by atoms with Crippen LogP contribution in [0, 0.1) is 19.7 Å². The maximum atomic E-state index is 13.3. The Morgan fingerprint density at radius 1 is 1.05 bits per heavy atom. The van der Waals surface area contributed by atoms with Crippen LogP contribution in [0.4, 0.5) is 10.1 Å². The lowest BCUT2D eigenvalue weighted by Crippen LogP contribution is -2.29. The number of rotatable bonds is 2. The van der Waals surface area contributed by atoms with Crippen LogP contribution in [0.3, 0.4) is 0 Å². The number of amides is 1. The van der Waals surface area contributed by atoms with Crippen molar-refractivity contribution in [2.45, 2.75) is 20.4 Å². The zero-order valence-electron chi connectivity index (χ0n) is 11.8. The summed E-state index contributed by atoms with van der Waals surface area (Å²) >= 11 is 0. The van der Waals surface area contributed by atoms with Crippen LogP contribution >= 0.6 is 0 Å². The molecule has 1 aliphatic heterocycles. The highest BCUT2D eigenvalue weighted by Crippen LogP contribution is 2.31. The summed E-state index contributed by atoms with van der Waals surface area (Å²) in [6.45, 7) is 4.26. The van der Waals surface area contributed by atoms with Crippen LogP contribution in [-0.4, -0.2) is 11.7 Å². The molecule has 0 saturated heterocycles. The number of hydrogen-bond donors (Lipinski definition) is 0. The Bertz CT molecular complexity index is 747. The number of aryl methyl sites for hydroxylation is 2. The Morgan fingerprint density at radius 3 is 2.38 bits per heavy atom. The normalized spacial score (nSPS) is 13.8. The number of benzene rings is 2. The summed E-state index contributed by atoms with van der Waals surface area (Å²) in [6.07, 6.45) is 0. The predicted octanol–water partition coefficient (Wildman–Crippen LogP) is 3.17. The highest BCUT2D eigenvalue weighted by molar-refractivity contribution is 6.52. The Hall–Kier alpha value is -2.49. The number of carbonyl (C=O) groups is 2. The summed E-state index contributed by atoms with van der Waals surface area (Å²) in [7, 11) is 0. The third kappa shape index (κ3) is 2.13. The topological polar surface area (TPSA) is 37.4 Å². The van der Waals surface area contributed by atoms with Crippen molar-refractivity contribution in [1.29, 1.82) is 0 Å². The van der Waals surface area contributed by atoms with E-state index in [0.717, 1.165) is 22.8 Å². The molecule has 0 spiro atoms. The zero-order chi connectivity index (χ0) is 15.1. The minimum Gasteiger partial charge on any atom is -0.300 e. The van der Waals surface area contributed by atoms with Gasteiger partial charge in [-0.2, -0.15) is 0 Å². The summed E-state index contributed by atoms with van der Waals surface area (Å²) in [4.78, 5) is 25.5. The molecule has 3 rings (SSSR count). The first-order valence-electron chi connectivity index (χ1n) is 6.70. The maximum Gasteiger partial charge on any atom is 0.299 e. The molecule has 0 aromatic heterocycles. The average Bonchev–Trinajstić information content (AvgIpc) is 2.67. The molecule has 1 aliphatic rings. The molecule has 3 nitrogen and oxygen atoms in total. The first-order valence-corrected chi connectivity index (χ1v) is 6.70. The molecule has 21 heavy (non-hydrogen) atoms. The Kier molecular flexibility index (Phi) is 3.09. The molecule has 0 bridgehead atoms. The monoisotopic (exact) mass is 283 g/mol. The molecule has 0 saturated carbocycles. The van der Waals surface area contributed by atoms with E-state index in [2.05, 4.69) is 0 Å². The SMILES string of the molecule is Cc1cccc(C)c1CN1C(=O)C(=O)c2cc(F)ccc21. The fourth-order valence-electron chi connectivity index (χ4n) is 2.69. The van der Waals surface area contributed by atoms with Gasteiger partial charge in [-0.05, 0) is 48.7 Å². The van der Waals surface area contributed by atoms with Crippen LogP contribution in [0.5, 0.6) is 0 Å². The molecule has 4 heteroatoms. The molecule has 2 aromatic carbocycles. The first-order chi connectivity index (χ1) is 9.99. The van der Waals surface area contributed by atoms with Crippen molar-refractivity contribution in [3.8, 4) is 0 Å². The number of anilines is 1. The number of Topliss-reactive ketones (excluding diaryl/α,β-unsaturated/α-hetero) is 1. The van der Waals surface area contributed by atoms with Gasteiger partial charge in [0.1, 0.15) is 5.82 Å². The van der Waals surface area contributed by atoms with E-state index in [1.807, 2.05) is 32.0 Å². The third-order valence-electron chi connectivity index (χ3n) is 3.89. The van der Waals surface area contributed by atoms with Gasteiger partial charge in [0.25, 0.3) is 11.7 Å². The van der Waals surface area contributed by atoms with E-state index in [1.54, 1.807) is 0 Å². The number of hydrogen-bond acceptors (Lipinski definition) is 2. The van der Waals surface area contributed by atoms with Crippen LogP contribution in [-0.2, 0) is 11.3 Å². The Morgan fingerprint density at radius 2 is 1.71 bits per heavy atom. The molecule has 0 fully saturated rings. The molecule has 1 heterocycles. The van der Waals surface area contributed by atoms with Gasteiger partial charge in [-0.1, -0.05) is 18.2 Å². The van der Waals surface area contributed by atoms with Crippen LogP contribution < -0.4 is 4.90 Å². The maximum absolute atomic E-state index is 13.3. The van der Waals surface area contributed by atoms with Crippen LogP contribution in [0.1, 0.15) is 27.0 Å². The van der Waals surface area contributed by atoms with E-state index < -0.39 is 17.5 Å². The smallest absolute Gasteiger partial charge is 0.299 e. The molecule has 0 atom stereocenters. The molecule has 0 unspecified atom stereocenters. The van der Waals surface area contributed by atoms with Crippen molar-refractivity contribution < 1.29 is 14.0 Å². The molecule has 0 radical (unpaired) electrons. The molecule has 1 amide bonds. The number of ketones is 1. The van der Waals surface area contributed by atoms with Crippen LogP contribution in [0.2, 0.25) is 0 Å².